The number of piperidine rings is 1. The molecule has 0 amide bonds. The summed E-state index contributed by atoms with van der Waals surface area (Å²) in [6.45, 7) is 4.93. The van der Waals surface area contributed by atoms with Gasteiger partial charge < -0.3 is 15.5 Å². The summed E-state index contributed by atoms with van der Waals surface area (Å²) in [7, 11) is 0. The molecule has 0 spiro atoms. The number of pyridine rings is 2. The Balaban J connectivity index is 1.19. The Labute approximate surface area is 230 Å². The molecule has 9 heteroatoms. The number of thiophene rings is 1. The summed E-state index contributed by atoms with van der Waals surface area (Å²) in [6.07, 6.45) is 5.70. The number of imidazole rings is 1. The van der Waals surface area contributed by atoms with Crippen LogP contribution in [0.4, 0.5) is 0 Å². The highest BCUT2D eigenvalue weighted by atomic mass is 32.1. The molecule has 0 aliphatic carbocycles. The van der Waals surface area contributed by atoms with E-state index in [0.29, 0.717) is 18.0 Å². The Morgan fingerprint density at radius 1 is 1.15 bits per heavy atom. The van der Waals surface area contributed by atoms with Gasteiger partial charge in [-0.3, -0.25) is 14.9 Å². The van der Waals surface area contributed by atoms with Gasteiger partial charge in [-0.2, -0.15) is 0 Å². The number of fused-ring (bicyclic) bond motifs is 1. The summed E-state index contributed by atoms with van der Waals surface area (Å²) in [6, 6.07) is 16.3. The first kappa shape index (κ1) is 25.4. The van der Waals surface area contributed by atoms with Gasteiger partial charge in [0.1, 0.15) is 11.5 Å². The van der Waals surface area contributed by atoms with Gasteiger partial charge in [-0.25, -0.2) is 9.78 Å². The number of nitrogens with zero attached hydrogens (tertiary/aromatic N) is 4. The summed E-state index contributed by atoms with van der Waals surface area (Å²) in [5.41, 5.74) is 13.3. The van der Waals surface area contributed by atoms with Crippen LogP contribution < -0.4 is 5.73 Å². The van der Waals surface area contributed by atoms with Crippen LogP contribution in [0, 0.1) is 6.92 Å². The molecule has 0 bridgehead atoms. The van der Waals surface area contributed by atoms with E-state index in [1.54, 1.807) is 6.33 Å². The Bertz CT molecular complexity index is 1630. The average molecular weight is 539 g/mol. The Morgan fingerprint density at radius 2 is 2.05 bits per heavy atom. The van der Waals surface area contributed by atoms with Crippen molar-refractivity contribution in [1.29, 1.82) is 0 Å². The van der Waals surface area contributed by atoms with Gasteiger partial charge in [-0.15, -0.1) is 11.3 Å². The number of aromatic nitrogens is 4. The van der Waals surface area contributed by atoms with Crippen LogP contribution >= 0.6 is 11.3 Å². The summed E-state index contributed by atoms with van der Waals surface area (Å²) >= 11 is 1.39. The van der Waals surface area contributed by atoms with Gasteiger partial charge >= 0.3 is 5.97 Å². The number of rotatable bonds is 7. The van der Waals surface area contributed by atoms with E-state index in [9.17, 15) is 4.79 Å². The molecule has 5 heterocycles. The van der Waals surface area contributed by atoms with Crippen molar-refractivity contribution in [2.24, 2.45) is 5.73 Å². The van der Waals surface area contributed by atoms with Crippen molar-refractivity contribution < 1.29 is 9.53 Å². The van der Waals surface area contributed by atoms with Crippen LogP contribution in [0.15, 0.2) is 66.4 Å². The predicted octanol–water partition coefficient (Wildman–Crippen LogP) is 5.30. The number of hydrogen-bond donors (Lipinski definition) is 2. The maximum Gasteiger partial charge on any atom is 0.348 e. The van der Waals surface area contributed by atoms with Gasteiger partial charge in [0.25, 0.3) is 0 Å². The van der Waals surface area contributed by atoms with Crippen molar-refractivity contribution in [2.45, 2.75) is 25.8 Å². The number of carbonyl (C=O) groups is 1. The van der Waals surface area contributed by atoms with Crippen LogP contribution in [-0.4, -0.2) is 63.1 Å². The molecule has 0 saturated carbocycles. The van der Waals surface area contributed by atoms with Crippen molar-refractivity contribution in [3.8, 4) is 33.8 Å². The van der Waals surface area contributed by atoms with Crippen LogP contribution in [0.25, 0.3) is 44.7 Å². The molecule has 1 aliphatic rings. The number of nitrogens with one attached hydrogen (secondary N) is 1. The molecule has 6 rings (SSSR count). The van der Waals surface area contributed by atoms with E-state index in [-0.39, 0.29) is 12.0 Å². The number of ether oxygens (including phenoxy) is 1. The Kier molecular flexibility index (Phi) is 7.19. The second kappa shape index (κ2) is 11.1. The van der Waals surface area contributed by atoms with E-state index in [4.69, 9.17) is 10.5 Å². The highest BCUT2D eigenvalue weighted by Crippen LogP contribution is 2.32. The number of aromatic amines is 1. The van der Waals surface area contributed by atoms with Crippen molar-refractivity contribution in [3.63, 3.8) is 0 Å². The molecule has 5 aromatic rings. The summed E-state index contributed by atoms with van der Waals surface area (Å²) in [5, 5.41) is 2.97. The SMILES string of the molecule is Cc1cccc(-c2[nH]cnc2-c2ccc3ncc(-c4csc(C(=O)OCCN5CCC[C@@H](N)C5)c4)cc3c2)n1. The van der Waals surface area contributed by atoms with Crippen molar-refractivity contribution in [1.82, 2.24) is 24.8 Å². The van der Waals surface area contributed by atoms with Crippen molar-refractivity contribution in [2.75, 3.05) is 26.2 Å². The normalized spacial score (nSPS) is 16.0. The molecule has 0 radical (unpaired) electrons. The average Bonchev–Trinajstić information content (AvgIpc) is 3.63. The van der Waals surface area contributed by atoms with E-state index >= 15 is 0 Å². The fraction of sp³-hybridized carbons (Fsp3) is 0.267. The third kappa shape index (κ3) is 5.61. The highest BCUT2D eigenvalue weighted by molar-refractivity contribution is 7.12. The molecule has 1 fully saturated rings. The maximum atomic E-state index is 12.7. The standard InChI is InChI=1S/C30H30N6O2S/c1-19-4-2-6-26(35-19)29-28(33-18-34-29)20-7-8-25-21(12-20)13-22(15-32-25)23-14-27(39-17-23)30(37)38-11-10-36-9-3-5-24(31)16-36/h2,4,6-8,12-15,17-18,24H,3,5,9-11,16,31H2,1H3,(H,33,34)/t24-/m1/s1. The lowest BCUT2D eigenvalue weighted by atomic mass is 10.0. The molecule has 1 saturated heterocycles. The number of esters is 1. The summed E-state index contributed by atoms with van der Waals surface area (Å²) in [4.78, 5) is 32.7. The first-order valence-electron chi connectivity index (χ1n) is 13.1. The largest absolute Gasteiger partial charge is 0.460 e. The van der Waals surface area contributed by atoms with Crippen LogP contribution in [0.1, 0.15) is 28.2 Å². The highest BCUT2D eigenvalue weighted by Gasteiger charge is 2.18. The molecule has 39 heavy (non-hydrogen) atoms. The molecule has 8 nitrogen and oxygen atoms in total. The third-order valence-corrected chi connectivity index (χ3v) is 7.97. The Morgan fingerprint density at radius 3 is 2.92 bits per heavy atom. The minimum absolute atomic E-state index is 0.215. The molecule has 198 valence electrons. The molecule has 1 atom stereocenters. The number of carbonyl (C=O) groups excluding carboxylic acids is 1. The van der Waals surface area contributed by atoms with E-state index in [0.717, 1.165) is 76.3 Å². The molecule has 3 N–H and O–H groups in total. The topological polar surface area (TPSA) is 110 Å². The molecule has 1 aliphatic heterocycles. The fourth-order valence-electron chi connectivity index (χ4n) is 5.06. The van der Waals surface area contributed by atoms with Crippen molar-refractivity contribution in [3.05, 3.63) is 77.0 Å². The van der Waals surface area contributed by atoms with E-state index in [2.05, 4.69) is 37.0 Å². The van der Waals surface area contributed by atoms with Gasteiger partial charge in [0.2, 0.25) is 0 Å². The van der Waals surface area contributed by atoms with Gasteiger partial charge in [0.15, 0.2) is 0 Å². The number of H-pyrrole nitrogens is 1. The lowest BCUT2D eigenvalue weighted by Gasteiger charge is -2.30. The molecule has 0 unspecified atom stereocenters. The summed E-state index contributed by atoms with van der Waals surface area (Å²) in [5.74, 6) is -0.292. The zero-order valence-electron chi connectivity index (χ0n) is 21.8. The number of benzene rings is 1. The number of aryl methyl sites for hydroxylation is 1. The predicted molar refractivity (Wildman–Crippen MR) is 155 cm³/mol. The number of hydrogen-bond acceptors (Lipinski definition) is 8. The van der Waals surface area contributed by atoms with Crippen LogP contribution in [0.5, 0.6) is 0 Å². The zero-order chi connectivity index (χ0) is 26.8. The van der Waals surface area contributed by atoms with E-state index < -0.39 is 0 Å². The quantitative estimate of drug-likeness (QED) is 0.271. The zero-order valence-corrected chi connectivity index (χ0v) is 22.6. The van der Waals surface area contributed by atoms with Crippen LogP contribution in [0.3, 0.4) is 0 Å². The van der Waals surface area contributed by atoms with Crippen LogP contribution in [-0.2, 0) is 4.74 Å². The van der Waals surface area contributed by atoms with Crippen molar-refractivity contribution >= 4 is 28.2 Å². The molecule has 4 aromatic heterocycles. The molecular weight excluding hydrogens is 508 g/mol. The Hall–Kier alpha value is -3.92. The summed E-state index contributed by atoms with van der Waals surface area (Å²) < 4.78 is 5.56. The van der Waals surface area contributed by atoms with Gasteiger partial charge in [0.05, 0.1) is 28.9 Å². The number of nitrogens with two attached hydrogens (primary N) is 1. The molecular formula is C30H30N6O2S. The minimum Gasteiger partial charge on any atom is -0.460 e. The first-order valence-corrected chi connectivity index (χ1v) is 14.0. The molecule has 1 aromatic carbocycles. The lowest BCUT2D eigenvalue weighted by molar-refractivity contribution is 0.0453. The number of likely N-dealkylation sites (tertiary alicyclic amines) is 1. The van der Waals surface area contributed by atoms with Gasteiger partial charge in [-0.1, -0.05) is 12.1 Å². The lowest BCUT2D eigenvalue weighted by Crippen LogP contribution is -2.44. The second-order valence-corrected chi connectivity index (χ2v) is 10.9. The van der Waals surface area contributed by atoms with Gasteiger partial charge in [0, 0.05) is 47.5 Å². The van der Waals surface area contributed by atoms with E-state index in [1.165, 1.54) is 11.3 Å². The maximum absolute atomic E-state index is 12.7. The monoisotopic (exact) mass is 538 g/mol. The first-order chi connectivity index (χ1) is 19.0. The van der Waals surface area contributed by atoms with Gasteiger partial charge in [-0.05, 0) is 73.7 Å². The van der Waals surface area contributed by atoms with E-state index in [1.807, 2.05) is 54.9 Å². The second-order valence-electron chi connectivity index (χ2n) is 9.96. The fourth-order valence-corrected chi connectivity index (χ4v) is 5.86. The third-order valence-electron chi connectivity index (χ3n) is 7.06. The minimum atomic E-state index is -0.292. The van der Waals surface area contributed by atoms with Crippen LogP contribution in [0.2, 0.25) is 0 Å². The smallest absolute Gasteiger partial charge is 0.348 e.